The van der Waals surface area contributed by atoms with Gasteiger partial charge in [-0.3, -0.25) is 4.98 Å². The van der Waals surface area contributed by atoms with Crippen molar-refractivity contribution in [3.8, 4) is 0 Å². The van der Waals surface area contributed by atoms with Crippen molar-refractivity contribution in [1.29, 1.82) is 0 Å². The Morgan fingerprint density at radius 3 is 2.81 bits per heavy atom. The molecular formula is C11H17N3O2. The van der Waals surface area contributed by atoms with Crippen LogP contribution in [0.5, 0.6) is 0 Å². The molecule has 1 rings (SSSR count). The van der Waals surface area contributed by atoms with E-state index in [1.807, 2.05) is 11.9 Å². The molecule has 88 valence electrons. The van der Waals surface area contributed by atoms with Crippen LogP contribution in [0.1, 0.15) is 30.8 Å². The monoisotopic (exact) mass is 223 g/mol. The molecule has 0 N–H and O–H groups in total. The molecule has 0 radical (unpaired) electrons. The number of methoxy groups -OCH3 is 1. The van der Waals surface area contributed by atoms with E-state index >= 15 is 0 Å². The molecule has 0 aliphatic heterocycles. The summed E-state index contributed by atoms with van der Waals surface area (Å²) in [6, 6.07) is 0.349. The third kappa shape index (κ3) is 2.68. The number of aromatic nitrogens is 2. The van der Waals surface area contributed by atoms with Crippen LogP contribution in [0.15, 0.2) is 12.4 Å². The van der Waals surface area contributed by atoms with Crippen molar-refractivity contribution in [2.24, 2.45) is 0 Å². The van der Waals surface area contributed by atoms with E-state index < -0.39 is 5.97 Å². The average Bonchev–Trinajstić information content (AvgIpc) is 2.36. The highest BCUT2D eigenvalue weighted by atomic mass is 16.5. The first-order valence-electron chi connectivity index (χ1n) is 5.23. The second kappa shape index (κ2) is 5.44. The number of hydrogen-bond acceptors (Lipinski definition) is 5. The summed E-state index contributed by atoms with van der Waals surface area (Å²) >= 11 is 0. The van der Waals surface area contributed by atoms with Gasteiger partial charge in [-0.25, -0.2) is 9.78 Å². The highest BCUT2D eigenvalue weighted by molar-refractivity contribution is 5.87. The summed E-state index contributed by atoms with van der Waals surface area (Å²) in [5.41, 5.74) is 0.232. The zero-order valence-corrected chi connectivity index (χ0v) is 10.1. The zero-order chi connectivity index (χ0) is 12.1. The minimum atomic E-state index is -0.466. The number of rotatable bonds is 4. The van der Waals surface area contributed by atoms with Crippen molar-refractivity contribution in [1.82, 2.24) is 9.97 Å². The number of carbonyl (C=O) groups is 1. The van der Waals surface area contributed by atoms with Crippen molar-refractivity contribution in [3.05, 3.63) is 18.1 Å². The summed E-state index contributed by atoms with van der Waals surface area (Å²) in [5.74, 6) is 0.212. The first-order chi connectivity index (χ1) is 7.60. The van der Waals surface area contributed by atoms with Crippen molar-refractivity contribution in [2.75, 3.05) is 19.1 Å². The first kappa shape index (κ1) is 12.4. The van der Waals surface area contributed by atoms with E-state index in [2.05, 4.69) is 28.6 Å². The van der Waals surface area contributed by atoms with E-state index in [1.54, 1.807) is 6.20 Å². The van der Waals surface area contributed by atoms with Gasteiger partial charge in [-0.2, -0.15) is 0 Å². The number of esters is 1. The van der Waals surface area contributed by atoms with Crippen LogP contribution in [0.4, 0.5) is 5.82 Å². The van der Waals surface area contributed by atoms with Crippen molar-refractivity contribution in [2.45, 2.75) is 26.3 Å². The fourth-order valence-electron chi connectivity index (χ4n) is 1.23. The topological polar surface area (TPSA) is 55.3 Å². The van der Waals surface area contributed by atoms with Gasteiger partial charge in [0.05, 0.1) is 19.5 Å². The fourth-order valence-corrected chi connectivity index (χ4v) is 1.23. The number of anilines is 1. The largest absolute Gasteiger partial charge is 0.464 e. The number of nitrogens with zero attached hydrogens (tertiary/aromatic N) is 3. The predicted molar refractivity (Wildman–Crippen MR) is 61.5 cm³/mol. The molecule has 0 aromatic carbocycles. The SMILES string of the molecule is CCC(C)N(C)c1cncc(C(=O)OC)n1. The van der Waals surface area contributed by atoms with Crippen molar-refractivity contribution < 1.29 is 9.53 Å². The van der Waals surface area contributed by atoms with Gasteiger partial charge in [0.15, 0.2) is 5.69 Å². The van der Waals surface area contributed by atoms with Crippen LogP contribution in [-0.2, 0) is 4.74 Å². The summed E-state index contributed by atoms with van der Waals surface area (Å²) in [5, 5.41) is 0. The normalized spacial score (nSPS) is 12.0. The highest BCUT2D eigenvalue weighted by Gasteiger charge is 2.13. The van der Waals surface area contributed by atoms with Crippen LogP contribution in [0.25, 0.3) is 0 Å². The Hall–Kier alpha value is -1.65. The highest BCUT2D eigenvalue weighted by Crippen LogP contribution is 2.13. The van der Waals surface area contributed by atoms with E-state index in [9.17, 15) is 4.79 Å². The molecule has 16 heavy (non-hydrogen) atoms. The van der Waals surface area contributed by atoms with Gasteiger partial charge in [-0.15, -0.1) is 0 Å². The maximum Gasteiger partial charge on any atom is 0.358 e. The molecule has 0 saturated carbocycles. The van der Waals surface area contributed by atoms with Gasteiger partial charge >= 0.3 is 5.97 Å². The third-order valence-electron chi connectivity index (χ3n) is 2.63. The average molecular weight is 223 g/mol. The lowest BCUT2D eigenvalue weighted by Gasteiger charge is -2.24. The minimum Gasteiger partial charge on any atom is -0.464 e. The van der Waals surface area contributed by atoms with Gasteiger partial charge < -0.3 is 9.64 Å². The summed E-state index contributed by atoms with van der Waals surface area (Å²) in [6.07, 6.45) is 4.04. The molecule has 1 unspecified atom stereocenters. The molecule has 1 aromatic rings. The maximum atomic E-state index is 11.3. The zero-order valence-electron chi connectivity index (χ0n) is 10.1. The quantitative estimate of drug-likeness (QED) is 0.724. The predicted octanol–water partition coefficient (Wildman–Crippen LogP) is 1.50. The van der Waals surface area contributed by atoms with Gasteiger partial charge in [0.2, 0.25) is 0 Å². The van der Waals surface area contributed by atoms with Gasteiger partial charge in [0.1, 0.15) is 5.82 Å². The molecular weight excluding hydrogens is 206 g/mol. The van der Waals surface area contributed by atoms with Crippen molar-refractivity contribution >= 4 is 11.8 Å². The second-order valence-electron chi connectivity index (χ2n) is 3.62. The molecule has 1 aromatic heterocycles. The van der Waals surface area contributed by atoms with Crippen LogP contribution >= 0.6 is 0 Å². The van der Waals surface area contributed by atoms with E-state index in [1.165, 1.54) is 13.3 Å². The molecule has 1 heterocycles. The summed E-state index contributed by atoms with van der Waals surface area (Å²) in [4.78, 5) is 21.5. The Balaban J connectivity index is 2.94. The lowest BCUT2D eigenvalue weighted by Crippen LogP contribution is -2.29. The molecule has 1 atom stereocenters. The molecule has 5 heteroatoms. The second-order valence-corrected chi connectivity index (χ2v) is 3.62. The number of hydrogen-bond donors (Lipinski definition) is 0. The lowest BCUT2D eigenvalue weighted by molar-refractivity contribution is 0.0593. The first-order valence-corrected chi connectivity index (χ1v) is 5.23. The molecule has 5 nitrogen and oxygen atoms in total. The Morgan fingerprint density at radius 2 is 2.25 bits per heavy atom. The van der Waals surface area contributed by atoms with Crippen LogP contribution < -0.4 is 4.90 Å². The van der Waals surface area contributed by atoms with E-state index in [-0.39, 0.29) is 5.69 Å². The van der Waals surface area contributed by atoms with Gasteiger partial charge in [-0.05, 0) is 13.3 Å². The summed E-state index contributed by atoms with van der Waals surface area (Å²) < 4.78 is 4.60. The maximum absolute atomic E-state index is 11.3. The Kier molecular flexibility index (Phi) is 4.22. The number of ether oxygens (including phenoxy) is 1. The van der Waals surface area contributed by atoms with Gasteiger partial charge in [0, 0.05) is 13.1 Å². The fraction of sp³-hybridized carbons (Fsp3) is 0.545. The Bertz CT molecular complexity index is 368. The summed E-state index contributed by atoms with van der Waals surface area (Å²) in [7, 11) is 3.26. The Morgan fingerprint density at radius 1 is 1.56 bits per heavy atom. The number of carbonyl (C=O) groups excluding carboxylic acids is 1. The Labute approximate surface area is 95.5 Å². The smallest absolute Gasteiger partial charge is 0.358 e. The molecule has 0 aliphatic carbocycles. The van der Waals surface area contributed by atoms with Gasteiger partial charge in [-0.1, -0.05) is 6.92 Å². The molecule has 0 bridgehead atoms. The van der Waals surface area contributed by atoms with Crippen molar-refractivity contribution in [3.63, 3.8) is 0 Å². The summed E-state index contributed by atoms with van der Waals surface area (Å²) in [6.45, 7) is 4.19. The molecule has 0 spiro atoms. The van der Waals surface area contributed by atoms with E-state index in [4.69, 9.17) is 0 Å². The van der Waals surface area contributed by atoms with E-state index in [0.29, 0.717) is 11.9 Å². The van der Waals surface area contributed by atoms with Crippen LogP contribution in [0.2, 0.25) is 0 Å². The third-order valence-corrected chi connectivity index (χ3v) is 2.63. The van der Waals surface area contributed by atoms with Crippen LogP contribution in [0.3, 0.4) is 0 Å². The molecule has 0 amide bonds. The minimum absolute atomic E-state index is 0.232. The van der Waals surface area contributed by atoms with Gasteiger partial charge in [0.25, 0.3) is 0 Å². The molecule has 0 saturated heterocycles. The van der Waals surface area contributed by atoms with E-state index in [0.717, 1.165) is 6.42 Å². The molecule has 0 fully saturated rings. The van der Waals surface area contributed by atoms with Crippen LogP contribution in [0, 0.1) is 0 Å². The standard InChI is InChI=1S/C11H17N3O2/c1-5-8(2)14(3)10-7-12-6-9(13-10)11(15)16-4/h6-8H,5H2,1-4H3. The van der Waals surface area contributed by atoms with Crippen LogP contribution in [-0.4, -0.2) is 36.1 Å². The lowest BCUT2D eigenvalue weighted by atomic mass is 10.2. The molecule has 0 aliphatic rings.